The SMILES string of the molecule is CC(OC(=O)c1ccc(F)cc1)c1nnc(-c2ccccc2)o1. The van der Waals surface area contributed by atoms with Crippen LogP contribution < -0.4 is 0 Å². The molecule has 1 heterocycles. The zero-order chi connectivity index (χ0) is 16.2. The average Bonchev–Trinajstić information content (AvgIpc) is 3.06. The summed E-state index contributed by atoms with van der Waals surface area (Å²) in [4.78, 5) is 12.0. The largest absolute Gasteiger partial charge is 0.449 e. The number of nitrogens with zero attached hydrogens (tertiary/aromatic N) is 2. The van der Waals surface area contributed by atoms with E-state index in [4.69, 9.17) is 9.15 Å². The van der Waals surface area contributed by atoms with Crippen molar-refractivity contribution >= 4 is 5.97 Å². The molecule has 0 aliphatic rings. The number of rotatable bonds is 4. The molecule has 6 heteroatoms. The second kappa shape index (κ2) is 6.39. The summed E-state index contributed by atoms with van der Waals surface area (Å²) in [6, 6.07) is 14.4. The number of hydrogen-bond donors (Lipinski definition) is 0. The molecule has 3 aromatic rings. The Morgan fingerprint density at radius 1 is 1.09 bits per heavy atom. The van der Waals surface area contributed by atoms with Crippen molar-refractivity contribution in [2.75, 3.05) is 0 Å². The highest BCUT2D eigenvalue weighted by Gasteiger charge is 2.19. The quantitative estimate of drug-likeness (QED) is 0.686. The monoisotopic (exact) mass is 312 g/mol. The zero-order valence-corrected chi connectivity index (χ0v) is 12.3. The summed E-state index contributed by atoms with van der Waals surface area (Å²) in [5, 5.41) is 7.84. The first-order chi connectivity index (χ1) is 11.1. The van der Waals surface area contributed by atoms with Crippen LogP contribution in [-0.4, -0.2) is 16.2 Å². The fourth-order valence-corrected chi connectivity index (χ4v) is 1.96. The fraction of sp³-hybridized carbons (Fsp3) is 0.118. The van der Waals surface area contributed by atoms with Crippen molar-refractivity contribution in [2.45, 2.75) is 13.0 Å². The Hall–Kier alpha value is -3.02. The average molecular weight is 312 g/mol. The van der Waals surface area contributed by atoms with Gasteiger partial charge >= 0.3 is 5.97 Å². The van der Waals surface area contributed by atoms with Crippen molar-refractivity contribution < 1.29 is 18.3 Å². The number of halogens is 1. The Balaban J connectivity index is 1.71. The van der Waals surface area contributed by atoms with Gasteiger partial charge in [0.25, 0.3) is 5.89 Å². The van der Waals surface area contributed by atoms with Crippen LogP contribution in [0.5, 0.6) is 0 Å². The van der Waals surface area contributed by atoms with Crippen molar-refractivity contribution in [3.8, 4) is 11.5 Å². The van der Waals surface area contributed by atoms with Crippen LogP contribution >= 0.6 is 0 Å². The standard InChI is InChI=1S/C17H13FN2O3/c1-11(22-17(21)13-7-9-14(18)10-8-13)15-19-20-16(23-15)12-5-3-2-4-6-12/h2-11H,1H3. The number of ether oxygens (including phenoxy) is 1. The molecule has 0 saturated carbocycles. The van der Waals surface area contributed by atoms with Gasteiger partial charge < -0.3 is 9.15 Å². The molecule has 1 atom stereocenters. The fourth-order valence-electron chi connectivity index (χ4n) is 1.96. The van der Waals surface area contributed by atoms with Crippen LogP contribution in [0.4, 0.5) is 4.39 Å². The molecule has 23 heavy (non-hydrogen) atoms. The van der Waals surface area contributed by atoms with Gasteiger partial charge in [0.15, 0.2) is 6.10 Å². The highest BCUT2D eigenvalue weighted by atomic mass is 19.1. The first-order valence-electron chi connectivity index (χ1n) is 6.99. The summed E-state index contributed by atoms with van der Waals surface area (Å²) < 4.78 is 23.6. The van der Waals surface area contributed by atoms with E-state index in [0.717, 1.165) is 5.56 Å². The van der Waals surface area contributed by atoms with E-state index >= 15 is 0 Å². The van der Waals surface area contributed by atoms with E-state index in [1.807, 2.05) is 30.3 Å². The molecule has 0 radical (unpaired) electrons. The lowest BCUT2D eigenvalue weighted by Crippen LogP contribution is -2.09. The summed E-state index contributed by atoms with van der Waals surface area (Å²) in [7, 11) is 0. The van der Waals surface area contributed by atoms with Crippen molar-refractivity contribution in [3.05, 3.63) is 71.9 Å². The minimum absolute atomic E-state index is 0.194. The number of esters is 1. The number of carbonyl (C=O) groups excluding carboxylic acids is 1. The summed E-state index contributed by atoms with van der Waals surface area (Å²) in [6.07, 6.45) is -0.711. The van der Waals surface area contributed by atoms with Crippen LogP contribution in [0, 0.1) is 5.82 Å². The van der Waals surface area contributed by atoms with Gasteiger partial charge in [-0.05, 0) is 43.3 Å². The van der Waals surface area contributed by atoms with Crippen LogP contribution in [0.3, 0.4) is 0 Å². The lowest BCUT2D eigenvalue weighted by molar-refractivity contribution is 0.0280. The Morgan fingerprint density at radius 2 is 1.78 bits per heavy atom. The maximum absolute atomic E-state index is 12.9. The third-order valence-corrected chi connectivity index (χ3v) is 3.17. The van der Waals surface area contributed by atoms with E-state index in [1.54, 1.807) is 6.92 Å². The predicted octanol–water partition coefficient (Wildman–Crippen LogP) is 3.79. The van der Waals surface area contributed by atoms with Crippen LogP contribution in [-0.2, 0) is 4.74 Å². The van der Waals surface area contributed by atoms with E-state index < -0.39 is 17.9 Å². The number of carbonyl (C=O) groups is 1. The van der Waals surface area contributed by atoms with Crippen LogP contribution in [0.25, 0.3) is 11.5 Å². The number of hydrogen-bond acceptors (Lipinski definition) is 5. The lowest BCUT2D eigenvalue weighted by atomic mass is 10.2. The summed E-state index contributed by atoms with van der Waals surface area (Å²) in [5.74, 6) is -0.458. The Morgan fingerprint density at radius 3 is 2.48 bits per heavy atom. The summed E-state index contributed by atoms with van der Waals surface area (Å²) in [6.45, 7) is 1.63. The second-order valence-corrected chi connectivity index (χ2v) is 4.87. The van der Waals surface area contributed by atoms with Crippen molar-refractivity contribution in [1.82, 2.24) is 10.2 Å². The smallest absolute Gasteiger partial charge is 0.338 e. The van der Waals surface area contributed by atoms with Gasteiger partial charge in [-0.1, -0.05) is 18.2 Å². The normalized spacial score (nSPS) is 11.9. The molecular weight excluding hydrogens is 299 g/mol. The molecule has 116 valence electrons. The highest BCUT2D eigenvalue weighted by Crippen LogP contribution is 2.22. The van der Waals surface area contributed by atoms with Gasteiger partial charge in [-0.25, -0.2) is 9.18 Å². The molecule has 3 rings (SSSR count). The van der Waals surface area contributed by atoms with Gasteiger partial charge in [0.2, 0.25) is 5.89 Å². The molecular formula is C17H13FN2O3. The second-order valence-electron chi connectivity index (χ2n) is 4.87. The molecule has 5 nitrogen and oxygen atoms in total. The minimum Gasteiger partial charge on any atom is -0.449 e. The topological polar surface area (TPSA) is 65.2 Å². The molecule has 0 spiro atoms. The van der Waals surface area contributed by atoms with Gasteiger partial charge in [0.05, 0.1) is 5.56 Å². The van der Waals surface area contributed by atoms with E-state index in [1.165, 1.54) is 24.3 Å². The highest BCUT2D eigenvalue weighted by molar-refractivity contribution is 5.89. The Bertz CT molecular complexity index is 800. The molecule has 0 N–H and O–H groups in total. The molecule has 0 amide bonds. The molecule has 0 aliphatic heterocycles. The van der Waals surface area contributed by atoms with E-state index in [2.05, 4.69) is 10.2 Å². The van der Waals surface area contributed by atoms with Crippen LogP contribution in [0.2, 0.25) is 0 Å². The van der Waals surface area contributed by atoms with Gasteiger partial charge in [-0.15, -0.1) is 10.2 Å². The summed E-state index contributed by atoms with van der Waals surface area (Å²) >= 11 is 0. The molecule has 2 aromatic carbocycles. The Labute approximate surface area is 131 Å². The molecule has 0 bridgehead atoms. The zero-order valence-electron chi connectivity index (χ0n) is 12.3. The Kier molecular flexibility index (Phi) is 4.14. The molecule has 0 fully saturated rings. The van der Waals surface area contributed by atoms with E-state index in [0.29, 0.717) is 5.89 Å². The third kappa shape index (κ3) is 3.42. The third-order valence-electron chi connectivity index (χ3n) is 3.17. The van der Waals surface area contributed by atoms with E-state index in [9.17, 15) is 9.18 Å². The molecule has 1 unspecified atom stereocenters. The van der Waals surface area contributed by atoms with Crippen molar-refractivity contribution in [3.63, 3.8) is 0 Å². The predicted molar refractivity (Wildman–Crippen MR) is 80.0 cm³/mol. The van der Waals surface area contributed by atoms with Crippen LogP contribution in [0.1, 0.15) is 29.3 Å². The maximum atomic E-state index is 12.9. The molecule has 0 saturated heterocycles. The van der Waals surface area contributed by atoms with Crippen molar-refractivity contribution in [2.24, 2.45) is 0 Å². The van der Waals surface area contributed by atoms with Gasteiger partial charge in [-0.3, -0.25) is 0 Å². The first-order valence-corrected chi connectivity index (χ1v) is 6.99. The minimum atomic E-state index is -0.711. The first kappa shape index (κ1) is 14.9. The molecule has 1 aromatic heterocycles. The number of benzene rings is 2. The molecule has 0 aliphatic carbocycles. The van der Waals surface area contributed by atoms with Gasteiger partial charge in [-0.2, -0.15) is 0 Å². The van der Waals surface area contributed by atoms with Crippen molar-refractivity contribution in [1.29, 1.82) is 0 Å². The maximum Gasteiger partial charge on any atom is 0.338 e. The van der Waals surface area contributed by atoms with E-state index in [-0.39, 0.29) is 11.5 Å². The van der Waals surface area contributed by atoms with Crippen LogP contribution in [0.15, 0.2) is 59.0 Å². The van der Waals surface area contributed by atoms with Gasteiger partial charge in [0.1, 0.15) is 5.82 Å². The number of aromatic nitrogens is 2. The van der Waals surface area contributed by atoms with Gasteiger partial charge in [0, 0.05) is 5.56 Å². The summed E-state index contributed by atoms with van der Waals surface area (Å²) in [5.41, 5.74) is 1.03. The lowest BCUT2D eigenvalue weighted by Gasteiger charge is -2.09.